The Hall–Kier alpha value is -1.19. The van der Waals surface area contributed by atoms with Gasteiger partial charge in [0, 0.05) is 12.4 Å². The maximum atomic E-state index is 10.7. The number of pyridine rings is 1. The zero-order valence-electron chi connectivity index (χ0n) is 21.3. The van der Waals surface area contributed by atoms with Crippen LogP contribution in [0.2, 0.25) is 0 Å². The highest BCUT2D eigenvalue weighted by atomic mass is 16.3. The summed E-state index contributed by atoms with van der Waals surface area (Å²) in [4.78, 5) is 4.08. The molecule has 1 aromatic rings. The van der Waals surface area contributed by atoms with Crippen LogP contribution >= 0.6 is 0 Å². The molecule has 3 fully saturated rings. The van der Waals surface area contributed by atoms with Crippen LogP contribution in [0.25, 0.3) is 0 Å². The molecule has 33 heavy (non-hydrogen) atoms. The van der Waals surface area contributed by atoms with E-state index in [0.717, 1.165) is 61.3 Å². The molecule has 0 bridgehead atoms. The Morgan fingerprint density at radius 1 is 1.00 bits per heavy atom. The van der Waals surface area contributed by atoms with Gasteiger partial charge in [0.1, 0.15) is 0 Å². The molecule has 3 heteroatoms. The SMILES string of the molecule is CC(CCC(O)c1ccncc1)[C@H]1CC[C@H]2[C@@H]3CC=C4C[C@@](C)(O)CC[C@]4(C)[C@H]3CC[C@]12C. The van der Waals surface area contributed by atoms with Crippen LogP contribution in [-0.4, -0.2) is 20.8 Å². The summed E-state index contributed by atoms with van der Waals surface area (Å²) in [6.07, 6.45) is 17.4. The van der Waals surface area contributed by atoms with Gasteiger partial charge < -0.3 is 10.2 Å². The standard InChI is InChI=1S/C30H45NO2/c1-20(5-10-27(32)21-12-17-31-18-13-21)24-8-9-25-23-7-6-22-19-28(2,33)15-16-29(22,3)26(23)11-14-30(24,25)4/h6,12-13,17-18,20,23-27,32-33H,5,7-11,14-16,19H2,1-4H3/t20?,23-,24+,25-,26-,27?,28-,29-,30+/m0/s1. The molecule has 0 saturated heterocycles. The van der Waals surface area contributed by atoms with E-state index in [1.54, 1.807) is 18.0 Å². The fourth-order valence-electron chi connectivity index (χ4n) is 9.15. The molecule has 0 spiro atoms. The first-order valence-electron chi connectivity index (χ1n) is 13.6. The summed E-state index contributed by atoms with van der Waals surface area (Å²) in [5.74, 6) is 3.89. The average Bonchev–Trinajstić information content (AvgIpc) is 3.15. The third kappa shape index (κ3) is 4.01. The molecule has 3 saturated carbocycles. The van der Waals surface area contributed by atoms with Gasteiger partial charge in [0.05, 0.1) is 11.7 Å². The van der Waals surface area contributed by atoms with Crippen LogP contribution in [0.5, 0.6) is 0 Å². The molecular formula is C30H45NO2. The highest BCUT2D eigenvalue weighted by Gasteiger charge is 2.59. The summed E-state index contributed by atoms with van der Waals surface area (Å²) in [7, 11) is 0. The number of allylic oxidation sites excluding steroid dienone is 1. The van der Waals surface area contributed by atoms with Gasteiger partial charge in [0.15, 0.2) is 0 Å². The summed E-state index contributed by atoms with van der Waals surface area (Å²) >= 11 is 0. The van der Waals surface area contributed by atoms with E-state index >= 15 is 0 Å². The van der Waals surface area contributed by atoms with Crippen molar-refractivity contribution in [2.24, 2.45) is 40.4 Å². The van der Waals surface area contributed by atoms with Crippen molar-refractivity contribution in [2.75, 3.05) is 0 Å². The van der Waals surface area contributed by atoms with Gasteiger partial charge in [-0.2, -0.15) is 0 Å². The van der Waals surface area contributed by atoms with Crippen LogP contribution in [0.4, 0.5) is 0 Å². The van der Waals surface area contributed by atoms with E-state index in [-0.39, 0.29) is 6.10 Å². The van der Waals surface area contributed by atoms with Crippen molar-refractivity contribution in [1.82, 2.24) is 4.98 Å². The van der Waals surface area contributed by atoms with Gasteiger partial charge in [-0.3, -0.25) is 4.98 Å². The van der Waals surface area contributed by atoms with Crippen molar-refractivity contribution < 1.29 is 10.2 Å². The van der Waals surface area contributed by atoms with Gasteiger partial charge in [0.25, 0.3) is 0 Å². The lowest BCUT2D eigenvalue weighted by atomic mass is 9.46. The molecule has 4 aliphatic carbocycles. The second-order valence-electron chi connectivity index (χ2n) is 13.0. The van der Waals surface area contributed by atoms with Gasteiger partial charge in [0.2, 0.25) is 0 Å². The predicted molar refractivity (Wildman–Crippen MR) is 133 cm³/mol. The van der Waals surface area contributed by atoms with Crippen molar-refractivity contribution >= 4 is 0 Å². The Labute approximate surface area is 201 Å². The zero-order chi connectivity index (χ0) is 23.4. The normalized spacial score (nSPS) is 44.2. The fourth-order valence-corrected chi connectivity index (χ4v) is 9.15. The summed E-state index contributed by atoms with van der Waals surface area (Å²) in [6.45, 7) is 9.64. The van der Waals surface area contributed by atoms with E-state index in [4.69, 9.17) is 0 Å². The first kappa shape index (κ1) is 23.5. The number of aliphatic hydroxyl groups is 2. The van der Waals surface area contributed by atoms with Crippen LogP contribution in [0.1, 0.15) is 104 Å². The second kappa shape index (κ2) is 8.48. The highest BCUT2D eigenvalue weighted by Crippen LogP contribution is 2.67. The number of hydrogen-bond donors (Lipinski definition) is 2. The Kier molecular flexibility index (Phi) is 6.05. The molecule has 2 unspecified atom stereocenters. The van der Waals surface area contributed by atoms with Crippen LogP contribution in [0, 0.1) is 40.4 Å². The quantitative estimate of drug-likeness (QED) is 0.481. The number of aromatic nitrogens is 1. The van der Waals surface area contributed by atoms with Crippen LogP contribution < -0.4 is 0 Å². The predicted octanol–water partition coefficient (Wildman–Crippen LogP) is 6.86. The molecule has 182 valence electrons. The van der Waals surface area contributed by atoms with Crippen LogP contribution in [0.15, 0.2) is 36.2 Å². The van der Waals surface area contributed by atoms with E-state index in [0.29, 0.717) is 16.7 Å². The van der Waals surface area contributed by atoms with Crippen molar-refractivity contribution in [3.63, 3.8) is 0 Å². The summed E-state index contributed by atoms with van der Waals surface area (Å²) in [5.41, 5.74) is 2.82. The molecule has 9 atom stereocenters. The second-order valence-corrected chi connectivity index (χ2v) is 13.0. The van der Waals surface area contributed by atoms with Gasteiger partial charge in [-0.1, -0.05) is 32.4 Å². The van der Waals surface area contributed by atoms with Crippen LogP contribution in [0.3, 0.4) is 0 Å². The smallest absolute Gasteiger partial charge is 0.0791 e. The Morgan fingerprint density at radius 3 is 2.52 bits per heavy atom. The van der Waals surface area contributed by atoms with E-state index in [1.807, 2.05) is 19.1 Å². The lowest BCUT2D eigenvalue weighted by Gasteiger charge is -2.59. The molecule has 3 nitrogen and oxygen atoms in total. The van der Waals surface area contributed by atoms with Gasteiger partial charge in [-0.15, -0.1) is 0 Å². The van der Waals surface area contributed by atoms with Gasteiger partial charge in [-0.05, 0) is 129 Å². The van der Waals surface area contributed by atoms with E-state index in [1.165, 1.54) is 32.1 Å². The molecular weight excluding hydrogens is 406 g/mol. The molecule has 5 rings (SSSR count). The monoisotopic (exact) mass is 451 g/mol. The molecule has 0 amide bonds. The molecule has 0 aliphatic heterocycles. The van der Waals surface area contributed by atoms with E-state index in [2.05, 4.69) is 31.8 Å². The number of nitrogens with zero attached hydrogens (tertiary/aromatic N) is 1. The number of rotatable bonds is 5. The lowest BCUT2D eigenvalue weighted by molar-refractivity contribution is -0.0708. The first-order valence-corrected chi connectivity index (χ1v) is 13.6. The maximum absolute atomic E-state index is 10.7. The van der Waals surface area contributed by atoms with Crippen molar-refractivity contribution in [2.45, 2.75) is 104 Å². The van der Waals surface area contributed by atoms with E-state index in [9.17, 15) is 10.2 Å². The molecule has 1 aromatic heterocycles. The molecule has 2 N–H and O–H groups in total. The van der Waals surface area contributed by atoms with Crippen molar-refractivity contribution in [1.29, 1.82) is 0 Å². The number of fused-ring (bicyclic) bond motifs is 5. The number of aliphatic hydroxyl groups excluding tert-OH is 1. The summed E-state index contributed by atoms with van der Waals surface area (Å²) in [6, 6.07) is 3.89. The minimum atomic E-state index is -0.504. The topological polar surface area (TPSA) is 53.4 Å². The van der Waals surface area contributed by atoms with E-state index < -0.39 is 5.60 Å². The molecule has 0 aromatic carbocycles. The van der Waals surface area contributed by atoms with Crippen molar-refractivity contribution in [3.8, 4) is 0 Å². The van der Waals surface area contributed by atoms with Crippen LogP contribution in [-0.2, 0) is 0 Å². The largest absolute Gasteiger partial charge is 0.390 e. The van der Waals surface area contributed by atoms with Crippen molar-refractivity contribution in [3.05, 3.63) is 41.7 Å². The Morgan fingerprint density at radius 2 is 1.76 bits per heavy atom. The average molecular weight is 452 g/mol. The molecule has 1 heterocycles. The first-order chi connectivity index (χ1) is 15.6. The highest BCUT2D eigenvalue weighted by molar-refractivity contribution is 5.26. The maximum Gasteiger partial charge on any atom is 0.0791 e. The molecule has 0 radical (unpaired) electrons. The minimum absolute atomic E-state index is 0.310. The Balaban J connectivity index is 1.28. The summed E-state index contributed by atoms with van der Waals surface area (Å²) < 4.78 is 0. The number of hydrogen-bond acceptors (Lipinski definition) is 3. The lowest BCUT2D eigenvalue weighted by Crippen LogP contribution is -2.52. The third-order valence-corrected chi connectivity index (χ3v) is 11.1. The molecule has 4 aliphatic rings. The van der Waals surface area contributed by atoms with Gasteiger partial charge >= 0.3 is 0 Å². The fraction of sp³-hybridized carbons (Fsp3) is 0.767. The zero-order valence-corrected chi connectivity index (χ0v) is 21.3. The van der Waals surface area contributed by atoms with Gasteiger partial charge in [-0.25, -0.2) is 0 Å². The Bertz CT molecular complexity index is 879. The third-order valence-electron chi connectivity index (χ3n) is 11.1. The minimum Gasteiger partial charge on any atom is -0.390 e. The summed E-state index contributed by atoms with van der Waals surface area (Å²) in [5, 5.41) is 21.4.